The average Bonchev–Trinajstić information content (AvgIpc) is 3.41. The standard InChI is InChI=1S/C22H19FN4O4/c1-27-19(21(28)24-16-6-4-3-5-15(16)22(29)30-2)11-17(25-27)18-12-20(31-26-18)13-7-9-14(23)10-8-13/h3-11,20H,12H2,1-2H3,(H,24,28). The number of nitrogens with one attached hydrogen (secondary N) is 1. The number of methoxy groups -OCH3 is 1. The lowest BCUT2D eigenvalue weighted by atomic mass is 10.0. The minimum atomic E-state index is -0.550. The molecule has 0 aliphatic carbocycles. The third-order valence-electron chi connectivity index (χ3n) is 4.90. The second-order valence-electron chi connectivity index (χ2n) is 6.92. The maximum atomic E-state index is 13.1. The SMILES string of the molecule is COC(=O)c1ccccc1NC(=O)c1cc(C2=NOC(c3ccc(F)cc3)C2)nn1C. The Morgan fingerprint density at radius 1 is 1.19 bits per heavy atom. The van der Waals surface area contributed by atoms with E-state index in [2.05, 4.69) is 15.6 Å². The summed E-state index contributed by atoms with van der Waals surface area (Å²) in [6.45, 7) is 0. The molecule has 1 amide bonds. The van der Waals surface area contributed by atoms with Crippen LogP contribution in [0.5, 0.6) is 0 Å². The summed E-state index contributed by atoms with van der Waals surface area (Å²) in [5.41, 5.74) is 2.74. The van der Waals surface area contributed by atoms with Crippen LogP contribution in [0.2, 0.25) is 0 Å². The number of para-hydroxylation sites is 1. The number of carbonyl (C=O) groups is 2. The molecular formula is C22H19FN4O4. The Hall–Kier alpha value is -4.01. The number of amides is 1. The van der Waals surface area contributed by atoms with E-state index in [1.165, 1.54) is 23.9 Å². The van der Waals surface area contributed by atoms with Crippen LogP contribution in [0.3, 0.4) is 0 Å². The summed E-state index contributed by atoms with van der Waals surface area (Å²) in [5.74, 6) is -1.31. The van der Waals surface area contributed by atoms with Crippen LogP contribution in [-0.2, 0) is 16.6 Å². The molecule has 1 unspecified atom stereocenters. The number of aryl methyl sites for hydroxylation is 1. The Labute approximate surface area is 177 Å². The Morgan fingerprint density at radius 2 is 1.94 bits per heavy atom. The Morgan fingerprint density at radius 3 is 2.68 bits per heavy atom. The van der Waals surface area contributed by atoms with E-state index >= 15 is 0 Å². The Balaban J connectivity index is 1.50. The lowest BCUT2D eigenvalue weighted by Crippen LogP contribution is -2.18. The van der Waals surface area contributed by atoms with E-state index in [4.69, 9.17) is 9.57 Å². The molecule has 1 aromatic heterocycles. The zero-order chi connectivity index (χ0) is 22.0. The number of hydrogen-bond acceptors (Lipinski definition) is 6. The molecule has 1 aliphatic rings. The van der Waals surface area contributed by atoms with Crippen molar-refractivity contribution in [1.29, 1.82) is 0 Å². The first kappa shape index (κ1) is 20.3. The monoisotopic (exact) mass is 422 g/mol. The molecule has 4 rings (SSSR count). The molecule has 0 saturated carbocycles. The molecule has 2 aromatic carbocycles. The van der Waals surface area contributed by atoms with Gasteiger partial charge in [0, 0.05) is 13.5 Å². The molecule has 1 N–H and O–H groups in total. The molecule has 1 atom stereocenters. The second kappa shape index (κ2) is 8.39. The topological polar surface area (TPSA) is 94.8 Å². The number of aromatic nitrogens is 2. The summed E-state index contributed by atoms with van der Waals surface area (Å²) < 4.78 is 19.3. The van der Waals surface area contributed by atoms with Gasteiger partial charge in [0.05, 0.1) is 18.4 Å². The maximum absolute atomic E-state index is 13.1. The van der Waals surface area contributed by atoms with E-state index in [0.29, 0.717) is 23.5 Å². The zero-order valence-electron chi connectivity index (χ0n) is 16.8. The van der Waals surface area contributed by atoms with Gasteiger partial charge in [-0.25, -0.2) is 9.18 Å². The largest absolute Gasteiger partial charge is 0.465 e. The highest BCUT2D eigenvalue weighted by atomic mass is 19.1. The van der Waals surface area contributed by atoms with Crippen LogP contribution in [-0.4, -0.2) is 34.5 Å². The summed E-state index contributed by atoms with van der Waals surface area (Å²) in [4.78, 5) is 30.2. The van der Waals surface area contributed by atoms with Crippen molar-refractivity contribution in [2.24, 2.45) is 12.2 Å². The van der Waals surface area contributed by atoms with Gasteiger partial charge in [0.1, 0.15) is 22.9 Å². The number of halogens is 1. The molecule has 0 spiro atoms. The van der Waals surface area contributed by atoms with Crippen LogP contribution in [0, 0.1) is 5.82 Å². The number of esters is 1. The third-order valence-corrected chi connectivity index (χ3v) is 4.90. The van der Waals surface area contributed by atoms with Gasteiger partial charge in [0.25, 0.3) is 5.91 Å². The predicted molar refractivity (Wildman–Crippen MR) is 110 cm³/mol. The first-order chi connectivity index (χ1) is 15.0. The molecule has 3 aromatic rings. The fourth-order valence-corrected chi connectivity index (χ4v) is 3.27. The van der Waals surface area contributed by atoms with Gasteiger partial charge in [-0.1, -0.05) is 29.4 Å². The molecule has 0 saturated heterocycles. The van der Waals surface area contributed by atoms with Crippen LogP contribution in [0.25, 0.3) is 0 Å². The number of hydrogen-bond donors (Lipinski definition) is 1. The van der Waals surface area contributed by atoms with Crippen molar-refractivity contribution in [2.75, 3.05) is 12.4 Å². The first-order valence-electron chi connectivity index (χ1n) is 9.47. The van der Waals surface area contributed by atoms with Crippen LogP contribution >= 0.6 is 0 Å². The third kappa shape index (κ3) is 4.16. The van der Waals surface area contributed by atoms with Crippen molar-refractivity contribution < 1.29 is 23.6 Å². The second-order valence-corrected chi connectivity index (χ2v) is 6.92. The molecule has 1 aliphatic heterocycles. The minimum absolute atomic E-state index is 0.247. The van der Waals surface area contributed by atoms with Crippen molar-refractivity contribution >= 4 is 23.3 Å². The van der Waals surface area contributed by atoms with Crippen molar-refractivity contribution in [1.82, 2.24) is 9.78 Å². The molecule has 0 radical (unpaired) electrons. The molecule has 158 valence electrons. The van der Waals surface area contributed by atoms with Gasteiger partial charge in [-0.15, -0.1) is 0 Å². The van der Waals surface area contributed by atoms with E-state index in [-0.39, 0.29) is 23.2 Å². The lowest BCUT2D eigenvalue weighted by Gasteiger charge is -2.09. The number of oxime groups is 1. The van der Waals surface area contributed by atoms with Crippen LogP contribution in [0.1, 0.15) is 44.6 Å². The van der Waals surface area contributed by atoms with Gasteiger partial charge in [-0.2, -0.15) is 5.10 Å². The zero-order valence-corrected chi connectivity index (χ0v) is 16.8. The summed E-state index contributed by atoms with van der Waals surface area (Å²) in [5, 5.41) is 11.2. The average molecular weight is 422 g/mol. The van der Waals surface area contributed by atoms with E-state index in [1.807, 2.05) is 0 Å². The van der Waals surface area contributed by atoms with E-state index in [1.54, 1.807) is 49.5 Å². The van der Waals surface area contributed by atoms with Crippen LogP contribution < -0.4 is 5.32 Å². The Kier molecular flexibility index (Phi) is 5.48. The lowest BCUT2D eigenvalue weighted by molar-refractivity contribution is 0.0602. The van der Waals surface area contributed by atoms with Gasteiger partial charge in [-0.05, 0) is 35.9 Å². The number of rotatable bonds is 5. The molecular weight excluding hydrogens is 403 g/mol. The molecule has 0 fully saturated rings. The highest BCUT2D eigenvalue weighted by Gasteiger charge is 2.27. The number of benzene rings is 2. The number of carbonyl (C=O) groups excluding carboxylic acids is 2. The molecule has 9 heteroatoms. The highest BCUT2D eigenvalue weighted by molar-refractivity contribution is 6.08. The fourth-order valence-electron chi connectivity index (χ4n) is 3.27. The van der Waals surface area contributed by atoms with E-state index in [9.17, 15) is 14.0 Å². The summed E-state index contributed by atoms with van der Waals surface area (Å²) in [7, 11) is 2.91. The molecule has 31 heavy (non-hydrogen) atoms. The number of anilines is 1. The van der Waals surface area contributed by atoms with Gasteiger partial charge in [0.2, 0.25) is 0 Å². The van der Waals surface area contributed by atoms with Crippen LogP contribution in [0.15, 0.2) is 59.8 Å². The number of nitrogens with zero attached hydrogens (tertiary/aromatic N) is 3. The van der Waals surface area contributed by atoms with E-state index < -0.39 is 11.9 Å². The number of ether oxygens (including phenoxy) is 1. The molecule has 0 bridgehead atoms. The smallest absolute Gasteiger partial charge is 0.339 e. The minimum Gasteiger partial charge on any atom is -0.465 e. The molecule has 8 nitrogen and oxygen atoms in total. The van der Waals surface area contributed by atoms with Crippen molar-refractivity contribution in [3.8, 4) is 0 Å². The summed E-state index contributed by atoms with van der Waals surface area (Å²) in [6, 6.07) is 14.2. The van der Waals surface area contributed by atoms with Crippen molar-refractivity contribution in [3.05, 3.63) is 82.9 Å². The van der Waals surface area contributed by atoms with E-state index in [0.717, 1.165) is 5.56 Å². The van der Waals surface area contributed by atoms with Gasteiger partial charge in [-0.3, -0.25) is 9.48 Å². The van der Waals surface area contributed by atoms with Gasteiger partial charge in [0.15, 0.2) is 6.10 Å². The summed E-state index contributed by atoms with van der Waals surface area (Å²) in [6.07, 6.45) is 0.0938. The summed E-state index contributed by atoms with van der Waals surface area (Å²) >= 11 is 0. The van der Waals surface area contributed by atoms with Gasteiger partial charge < -0.3 is 14.9 Å². The first-order valence-corrected chi connectivity index (χ1v) is 9.47. The molecule has 2 heterocycles. The van der Waals surface area contributed by atoms with Crippen molar-refractivity contribution in [2.45, 2.75) is 12.5 Å². The van der Waals surface area contributed by atoms with Crippen molar-refractivity contribution in [3.63, 3.8) is 0 Å². The quantitative estimate of drug-likeness (QED) is 0.636. The Bertz CT molecular complexity index is 1170. The predicted octanol–water partition coefficient (Wildman–Crippen LogP) is 3.46. The normalized spacial score (nSPS) is 15.2. The maximum Gasteiger partial charge on any atom is 0.339 e. The van der Waals surface area contributed by atoms with Gasteiger partial charge >= 0.3 is 5.97 Å². The highest BCUT2D eigenvalue weighted by Crippen LogP contribution is 2.29. The van der Waals surface area contributed by atoms with Crippen LogP contribution in [0.4, 0.5) is 10.1 Å². The fraction of sp³-hybridized carbons (Fsp3) is 0.182.